The number of nitrogens with zero attached hydrogens (tertiary/aromatic N) is 1. The maximum absolute atomic E-state index is 11.5. The molecule has 1 unspecified atom stereocenters. The number of hydrogen-bond acceptors (Lipinski definition) is 4. The van der Waals surface area contributed by atoms with Gasteiger partial charge in [-0.3, -0.25) is 4.79 Å². The molecule has 1 atom stereocenters. The summed E-state index contributed by atoms with van der Waals surface area (Å²) in [5.74, 6) is -0.0159. The van der Waals surface area contributed by atoms with Crippen molar-refractivity contribution in [2.45, 2.75) is 20.3 Å². The molecule has 0 radical (unpaired) electrons. The van der Waals surface area contributed by atoms with E-state index in [9.17, 15) is 13.2 Å². The molecule has 1 aliphatic rings. The number of nitriles is 1. The summed E-state index contributed by atoms with van der Waals surface area (Å²) < 4.78 is 22.3. The summed E-state index contributed by atoms with van der Waals surface area (Å²) in [7, 11) is -2.90. The second-order valence-electron chi connectivity index (χ2n) is 4.72. The van der Waals surface area contributed by atoms with Crippen LogP contribution in [0, 0.1) is 22.7 Å². The van der Waals surface area contributed by atoms with Crippen molar-refractivity contribution in [1.82, 2.24) is 5.32 Å². The third-order valence-electron chi connectivity index (χ3n) is 2.73. The zero-order chi connectivity index (χ0) is 12.4. The van der Waals surface area contributed by atoms with Crippen LogP contribution in [0.25, 0.3) is 0 Å². The standard InChI is InChI=1S/C10H16N2O3S/c1-10(2,7-11)9(13)12-5-8-3-4-16(14,15)6-8/h8H,3-6H2,1-2H3,(H,12,13). The molecule has 1 saturated heterocycles. The molecule has 1 aliphatic heterocycles. The number of carbonyl (C=O) groups excluding carboxylic acids is 1. The van der Waals surface area contributed by atoms with Gasteiger partial charge in [-0.2, -0.15) is 5.26 Å². The number of nitrogens with one attached hydrogen (secondary N) is 1. The molecule has 0 aromatic rings. The molecule has 0 aromatic heterocycles. The fraction of sp³-hybridized carbons (Fsp3) is 0.800. The van der Waals surface area contributed by atoms with Crippen LogP contribution in [0.3, 0.4) is 0 Å². The molecule has 6 heteroatoms. The number of rotatable bonds is 3. The van der Waals surface area contributed by atoms with Gasteiger partial charge in [-0.25, -0.2) is 8.42 Å². The van der Waals surface area contributed by atoms with Gasteiger partial charge in [-0.1, -0.05) is 0 Å². The molecule has 90 valence electrons. The number of hydrogen-bond donors (Lipinski definition) is 1. The van der Waals surface area contributed by atoms with E-state index in [-0.39, 0.29) is 23.3 Å². The lowest BCUT2D eigenvalue weighted by Crippen LogP contribution is -2.38. The van der Waals surface area contributed by atoms with Gasteiger partial charge in [0.2, 0.25) is 5.91 Å². The summed E-state index contributed by atoms with van der Waals surface area (Å²) >= 11 is 0. The first-order chi connectivity index (χ1) is 7.27. The first-order valence-electron chi connectivity index (χ1n) is 5.17. The monoisotopic (exact) mass is 244 g/mol. The van der Waals surface area contributed by atoms with E-state index in [1.165, 1.54) is 13.8 Å². The van der Waals surface area contributed by atoms with E-state index < -0.39 is 15.3 Å². The summed E-state index contributed by atoms with van der Waals surface area (Å²) in [4.78, 5) is 11.5. The second-order valence-corrected chi connectivity index (χ2v) is 6.94. The highest BCUT2D eigenvalue weighted by Gasteiger charge is 2.31. The Balaban J connectivity index is 2.43. The predicted molar refractivity (Wildman–Crippen MR) is 59.2 cm³/mol. The van der Waals surface area contributed by atoms with E-state index in [0.717, 1.165) is 0 Å². The Morgan fingerprint density at radius 2 is 2.19 bits per heavy atom. The van der Waals surface area contributed by atoms with Crippen molar-refractivity contribution < 1.29 is 13.2 Å². The highest BCUT2D eigenvalue weighted by Crippen LogP contribution is 2.18. The van der Waals surface area contributed by atoms with Crippen molar-refractivity contribution in [2.24, 2.45) is 11.3 Å². The molecule has 16 heavy (non-hydrogen) atoms. The van der Waals surface area contributed by atoms with Crippen LogP contribution in [0.2, 0.25) is 0 Å². The molecule has 1 amide bonds. The Morgan fingerprint density at radius 1 is 1.56 bits per heavy atom. The maximum Gasteiger partial charge on any atom is 0.239 e. The van der Waals surface area contributed by atoms with Gasteiger partial charge in [0, 0.05) is 6.54 Å². The summed E-state index contributed by atoms with van der Waals surface area (Å²) in [5, 5.41) is 11.4. The summed E-state index contributed by atoms with van der Waals surface area (Å²) in [6.45, 7) is 3.41. The minimum absolute atomic E-state index is 0.0107. The Morgan fingerprint density at radius 3 is 2.62 bits per heavy atom. The number of amides is 1. The first kappa shape index (κ1) is 13.0. The predicted octanol–water partition coefficient (Wildman–Crippen LogP) is 0.0871. The third-order valence-corrected chi connectivity index (χ3v) is 4.56. The SMILES string of the molecule is CC(C)(C#N)C(=O)NCC1CCS(=O)(=O)C1. The first-order valence-corrected chi connectivity index (χ1v) is 6.99. The molecule has 0 spiro atoms. The number of sulfone groups is 1. The van der Waals surface area contributed by atoms with E-state index >= 15 is 0 Å². The second kappa shape index (κ2) is 4.42. The Labute approximate surface area is 95.7 Å². The zero-order valence-electron chi connectivity index (χ0n) is 9.49. The van der Waals surface area contributed by atoms with Gasteiger partial charge < -0.3 is 5.32 Å². The third kappa shape index (κ3) is 3.20. The lowest BCUT2D eigenvalue weighted by atomic mass is 9.94. The van der Waals surface area contributed by atoms with Crippen LogP contribution in [0.4, 0.5) is 0 Å². The van der Waals surface area contributed by atoms with Crippen LogP contribution in [-0.2, 0) is 14.6 Å². The average Bonchev–Trinajstić information content (AvgIpc) is 2.54. The quantitative estimate of drug-likeness (QED) is 0.762. The van der Waals surface area contributed by atoms with Crippen LogP contribution in [-0.4, -0.2) is 32.4 Å². The van der Waals surface area contributed by atoms with Crippen molar-refractivity contribution in [2.75, 3.05) is 18.1 Å². The van der Waals surface area contributed by atoms with E-state index in [1.807, 2.05) is 6.07 Å². The minimum atomic E-state index is -2.90. The molecular formula is C10H16N2O3S. The largest absolute Gasteiger partial charge is 0.354 e. The molecule has 0 bridgehead atoms. The van der Waals surface area contributed by atoms with E-state index in [1.54, 1.807) is 0 Å². The lowest BCUT2D eigenvalue weighted by molar-refractivity contribution is -0.126. The van der Waals surface area contributed by atoms with Crippen molar-refractivity contribution in [3.63, 3.8) is 0 Å². The van der Waals surface area contributed by atoms with Gasteiger partial charge in [-0.15, -0.1) is 0 Å². The van der Waals surface area contributed by atoms with Gasteiger partial charge in [-0.05, 0) is 26.2 Å². The fourth-order valence-corrected chi connectivity index (χ4v) is 3.40. The van der Waals surface area contributed by atoms with Gasteiger partial charge in [0.25, 0.3) is 0 Å². The molecule has 0 saturated carbocycles. The van der Waals surface area contributed by atoms with Crippen molar-refractivity contribution >= 4 is 15.7 Å². The van der Waals surface area contributed by atoms with Crippen molar-refractivity contribution in [1.29, 1.82) is 5.26 Å². The van der Waals surface area contributed by atoms with Crippen LogP contribution < -0.4 is 5.32 Å². The van der Waals surface area contributed by atoms with Crippen LogP contribution in [0.15, 0.2) is 0 Å². The van der Waals surface area contributed by atoms with Crippen LogP contribution >= 0.6 is 0 Å². The maximum atomic E-state index is 11.5. The molecule has 0 aromatic carbocycles. The highest BCUT2D eigenvalue weighted by atomic mass is 32.2. The molecule has 5 nitrogen and oxygen atoms in total. The van der Waals surface area contributed by atoms with Gasteiger partial charge in [0.15, 0.2) is 9.84 Å². The molecule has 1 heterocycles. The molecule has 1 N–H and O–H groups in total. The highest BCUT2D eigenvalue weighted by molar-refractivity contribution is 7.91. The minimum Gasteiger partial charge on any atom is -0.354 e. The van der Waals surface area contributed by atoms with Crippen LogP contribution in [0.1, 0.15) is 20.3 Å². The smallest absolute Gasteiger partial charge is 0.239 e. The van der Waals surface area contributed by atoms with E-state index in [2.05, 4.69) is 5.32 Å². The van der Waals surface area contributed by atoms with E-state index in [0.29, 0.717) is 13.0 Å². The summed E-state index contributed by atoms with van der Waals surface area (Å²) in [6.07, 6.45) is 0.593. The van der Waals surface area contributed by atoms with Gasteiger partial charge in [0.05, 0.1) is 17.6 Å². The lowest BCUT2D eigenvalue weighted by Gasteiger charge is -2.16. The van der Waals surface area contributed by atoms with Gasteiger partial charge in [0.1, 0.15) is 5.41 Å². The summed E-state index contributed by atoms with van der Waals surface area (Å²) in [6, 6.07) is 1.90. The fourth-order valence-electron chi connectivity index (χ4n) is 1.54. The molecule has 1 fully saturated rings. The number of carbonyl (C=O) groups is 1. The van der Waals surface area contributed by atoms with Gasteiger partial charge >= 0.3 is 0 Å². The Hall–Kier alpha value is -1.09. The van der Waals surface area contributed by atoms with E-state index in [4.69, 9.17) is 5.26 Å². The molecule has 1 rings (SSSR count). The normalized spacial score (nSPS) is 23.7. The zero-order valence-corrected chi connectivity index (χ0v) is 10.3. The Kier molecular flexibility index (Phi) is 3.58. The molecular weight excluding hydrogens is 228 g/mol. The average molecular weight is 244 g/mol. The van der Waals surface area contributed by atoms with Crippen molar-refractivity contribution in [3.05, 3.63) is 0 Å². The summed E-state index contributed by atoms with van der Waals surface area (Å²) in [5.41, 5.74) is -1.06. The topological polar surface area (TPSA) is 87.0 Å². The molecule has 0 aliphatic carbocycles. The van der Waals surface area contributed by atoms with Crippen LogP contribution in [0.5, 0.6) is 0 Å². The van der Waals surface area contributed by atoms with Crippen molar-refractivity contribution in [3.8, 4) is 6.07 Å². The Bertz CT molecular complexity index is 420.